The Kier molecular flexibility index (Phi) is 2.64. The van der Waals surface area contributed by atoms with Crippen LogP contribution in [0, 0.1) is 5.92 Å². The summed E-state index contributed by atoms with van der Waals surface area (Å²) in [5.74, 6) is 3.71. The molecule has 1 aromatic heterocycles. The number of H-pyrrole nitrogens is 1. The highest BCUT2D eigenvalue weighted by atomic mass is 15.2. The van der Waals surface area contributed by atoms with E-state index in [2.05, 4.69) is 15.5 Å². The molecule has 2 heterocycles. The highest BCUT2D eigenvalue weighted by Crippen LogP contribution is 2.39. The van der Waals surface area contributed by atoms with E-state index in [0.29, 0.717) is 12.0 Å². The molecule has 3 unspecified atom stereocenters. The molecule has 2 aliphatic carbocycles. The first kappa shape index (κ1) is 11.0. The largest absolute Gasteiger partial charge is 0.304 e. The van der Waals surface area contributed by atoms with Crippen LogP contribution in [0.5, 0.6) is 0 Å². The van der Waals surface area contributed by atoms with Gasteiger partial charge >= 0.3 is 0 Å². The lowest BCUT2D eigenvalue weighted by Gasteiger charge is -2.39. The number of nitrogens with one attached hydrogen (secondary N) is 2. The van der Waals surface area contributed by atoms with Gasteiger partial charge in [-0.15, -0.1) is 0 Å². The summed E-state index contributed by atoms with van der Waals surface area (Å²) in [6.45, 7) is 0. The maximum atomic E-state index is 4.70. The highest BCUT2D eigenvalue weighted by Gasteiger charge is 2.34. The maximum absolute atomic E-state index is 4.70. The summed E-state index contributed by atoms with van der Waals surface area (Å²) in [7, 11) is 0. The molecule has 0 spiro atoms. The molecule has 3 aliphatic rings. The van der Waals surface area contributed by atoms with Crippen molar-refractivity contribution in [3.8, 4) is 0 Å². The molecule has 4 rings (SSSR count). The van der Waals surface area contributed by atoms with Gasteiger partial charge in [0.05, 0.1) is 6.04 Å². The standard InChI is InChI=1S/C14H22N4/c1-2-4-11-9(3-1)7-8-12(15-11)14-16-13(17-18-14)10-5-6-10/h9-12,15H,1-8H2,(H,16,17,18). The molecule has 1 aromatic rings. The molecule has 0 amide bonds. The normalized spacial score (nSPS) is 36.3. The molecule has 4 nitrogen and oxygen atoms in total. The minimum Gasteiger partial charge on any atom is -0.304 e. The van der Waals surface area contributed by atoms with Crippen LogP contribution in [0.2, 0.25) is 0 Å². The predicted octanol–water partition coefficient (Wildman–Crippen LogP) is 2.67. The van der Waals surface area contributed by atoms with Crippen molar-refractivity contribution in [3.63, 3.8) is 0 Å². The number of hydrogen-bond donors (Lipinski definition) is 2. The van der Waals surface area contributed by atoms with E-state index in [1.54, 1.807) is 0 Å². The third kappa shape index (κ3) is 1.96. The zero-order valence-corrected chi connectivity index (χ0v) is 10.9. The van der Waals surface area contributed by atoms with Crippen molar-refractivity contribution >= 4 is 0 Å². The Labute approximate surface area is 108 Å². The Morgan fingerprint density at radius 3 is 2.72 bits per heavy atom. The highest BCUT2D eigenvalue weighted by molar-refractivity contribution is 5.08. The fraction of sp³-hybridized carbons (Fsp3) is 0.857. The molecule has 4 heteroatoms. The molecule has 98 valence electrons. The molecule has 1 saturated heterocycles. The molecule has 2 saturated carbocycles. The van der Waals surface area contributed by atoms with E-state index in [1.165, 1.54) is 51.4 Å². The zero-order chi connectivity index (χ0) is 11.9. The number of aromatic amines is 1. The van der Waals surface area contributed by atoms with Gasteiger partial charge in [-0.2, -0.15) is 5.10 Å². The number of aromatic nitrogens is 3. The Morgan fingerprint density at radius 2 is 1.83 bits per heavy atom. The van der Waals surface area contributed by atoms with E-state index in [-0.39, 0.29) is 0 Å². The average molecular weight is 246 g/mol. The van der Waals surface area contributed by atoms with Crippen LogP contribution in [0.4, 0.5) is 0 Å². The van der Waals surface area contributed by atoms with Crippen molar-refractivity contribution < 1.29 is 0 Å². The van der Waals surface area contributed by atoms with Crippen LogP contribution in [-0.4, -0.2) is 21.2 Å². The van der Waals surface area contributed by atoms with Gasteiger partial charge in [-0.1, -0.05) is 12.8 Å². The van der Waals surface area contributed by atoms with Gasteiger partial charge in [0.1, 0.15) is 5.82 Å². The van der Waals surface area contributed by atoms with Gasteiger partial charge in [-0.25, -0.2) is 4.98 Å². The maximum Gasteiger partial charge on any atom is 0.153 e. The number of fused-ring (bicyclic) bond motifs is 1. The van der Waals surface area contributed by atoms with Crippen molar-refractivity contribution in [2.75, 3.05) is 0 Å². The SMILES string of the molecule is C1CCC2NC(c3nc(C4CC4)n[nH]3)CCC2C1. The summed E-state index contributed by atoms with van der Waals surface area (Å²) >= 11 is 0. The lowest BCUT2D eigenvalue weighted by Crippen LogP contribution is -2.45. The summed E-state index contributed by atoms with van der Waals surface area (Å²) in [5, 5.41) is 11.4. The number of nitrogens with zero attached hydrogens (tertiary/aromatic N) is 2. The van der Waals surface area contributed by atoms with Gasteiger partial charge in [0.15, 0.2) is 5.82 Å². The summed E-state index contributed by atoms with van der Waals surface area (Å²) in [6, 6.07) is 1.15. The fourth-order valence-corrected chi connectivity index (χ4v) is 3.68. The van der Waals surface area contributed by atoms with E-state index < -0.39 is 0 Å². The van der Waals surface area contributed by atoms with Crippen LogP contribution in [-0.2, 0) is 0 Å². The number of hydrogen-bond acceptors (Lipinski definition) is 3. The molecular formula is C14H22N4. The molecule has 1 aliphatic heterocycles. The van der Waals surface area contributed by atoms with Crippen LogP contribution in [0.1, 0.15) is 75.0 Å². The third-order valence-electron chi connectivity index (χ3n) is 4.94. The first-order valence-corrected chi connectivity index (χ1v) is 7.58. The fourth-order valence-electron chi connectivity index (χ4n) is 3.68. The second-order valence-corrected chi connectivity index (χ2v) is 6.30. The Balaban J connectivity index is 1.47. The first-order valence-electron chi connectivity index (χ1n) is 7.58. The second kappa shape index (κ2) is 4.34. The topological polar surface area (TPSA) is 53.6 Å². The second-order valence-electron chi connectivity index (χ2n) is 6.30. The molecule has 3 fully saturated rings. The van der Waals surface area contributed by atoms with Crippen LogP contribution < -0.4 is 5.32 Å². The predicted molar refractivity (Wildman–Crippen MR) is 69.2 cm³/mol. The smallest absolute Gasteiger partial charge is 0.153 e. The third-order valence-corrected chi connectivity index (χ3v) is 4.94. The minimum atomic E-state index is 0.421. The Hall–Kier alpha value is -0.900. The van der Waals surface area contributed by atoms with Gasteiger partial charge in [-0.05, 0) is 44.4 Å². The zero-order valence-electron chi connectivity index (χ0n) is 10.9. The van der Waals surface area contributed by atoms with E-state index >= 15 is 0 Å². The number of piperidine rings is 1. The van der Waals surface area contributed by atoms with Crippen LogP contribution in [0.3, 0.4) is 0 Å². The van der Waals surface area contributed by atoms with Crippen molar-refractivity contribution in [1.29, 1.82) is 0 Å². The lowest BCUT2D eigenvalue weighted by atomic mass is 9.77. The summed E-state index contributed by atoms with van der Waals surface area (Å²) in [4.78, 5) is 4.70. The molecule has 3 atom stereocenters. The van der Waals surface area contributed by atoms with Crippen LogP contribution >= 0.6 is 0 Å². The molecule has 0 radical (unpaired) electrons. The molecule has 0 bridgehead atoms. The van der Waals surface area contributed by atoms with Gasteiger partial charge < -0.3 is 5.32 Å². The lowest BCUT2D eigenvalue weighted by molar-refractivity contribution is 0.173. The van der Waals surface area contributed by atoms with E-state index in [4.69, 9.17) is 4.98 Å². The van der Waals surface area contributed by atoms with E-state index in [9.17, 15) is 0 Å². The van der Waals surface area contributed by atoms with Gasteiger partial charge in [0.25, 0.3) is 0 Å². The van der Waals surface area contributed by atoms with Crippen molar-refractivity contribution in [3.05, 3.63) is 11.6 Å². The van der Waals surface area contributed by atoms with Crippen LogP contribution in [0.15, 0.2) is 0 Å². The van der Waals surface area contributed by atoms with Gasteiger partial charge in [0, 0.05) is 12.0 Å². The quantitative estimate of drug-likeness (QED) is 0.843. The molecule has 18 heavy (non-hydrogen) atoms. The van der Waals surface area contributed by atoms with Gasteiger partial charge in [-0.3, -0.25) is 5.10 Å². The van der Waals surface area contributed by atoms with Crippen LogP contribution in [0.25, 0.3) is 0 Å². The first-order chi connectivity index (χ1) is 8.90. The summed E-state index contributed by atoms with van der Waals surface area (Å²) in [5.41, 5.74) is 0. The molecule has 0 aromatic carbocycles. The number of rotatable bonds is 2. The average Bonchev–Trinajstić information content (AvgIpc) is 3.16. The van der Waals surface area contributed by atoms with Crippen molar-refractivity contribution in [2.45, 2.75) is 69.4 Å². The minimum absolute atomic E-state index is 0.421. The van der Waals surface area contributed by atoms with E-state index in [1.807, 2.05) is 0 Å². The Bertz CT molecular complexity index is 423. The van der Waals surface area contributed by atoms with Crippen molar-refractivity contribution in [2.24, 2.45) is 5.92 Å². The summed E-state index contributed by atoms with van der Waals surface area (Å²) in [6.07, 6.45) is 10.7. The van der Waals surface area contributed by atoms with E-state index in [0.717, 1.165) is 23.6 Å². The van der Waals surface area contributed by atoms with Gasteiger partial charge in [0.2, 0.25) is 0 Å². The molecule has 2 N–H and O–H groups in total. The van der Waals surface area contributed by atoms with Crippen molar-refractivity contribution in [1.82, 2.24) is 20.5 Å². The molecular weight excluding hydrogens is 224 g/mol. The summed E-state index contributed by atoms with van der Waals surface area (Å²) < 4.78 is 0. The Morgan fingerprint density at radius 1 is 0.944 bits per heavy atom. The monoisotopic (exact) mass is 246 g/mol.